The molecule has 1 aromatic carbocycles. The molecule has 0 saturated carbocycles. The molecule has 2 fully saturated rings. The van der Waals surface area contributed by atoms with Crippen molar-refractivity contribution in [2.75, 3.05) is 26.2 Å². The lowest BCUT2D eigenvalue weighted by molar-refractivity contribution is -0.134. The predicted octanol–water partition coefficient (Wildman–Crippen LogP) is 2.88. The topological polar surface area (TPSA) is 61.4 Å². The molecule has 5 nitrogen and oxygen atoms in total. The first-order chi connectivity index (χ1) is 13.1. The van der Waals surface area contributed by atoms with Gasteiger partial charge in [0.1, 0.15) is 0 Å². The first-order valence-corrected chi connectivity index (χ1v) is 10.5. The van der Waals surface area contributed by atoms with Crippen LogP contribution in [0.5, 0.6) is 0 Å². The molecule has 0 bridgehead atoms. The van der Waals surface area contributed by atoms with Crippen LogP contribution in [0.15, 0.2) is 24.3 Å². The van der Waals surface area contributed by atoms with Crippen LogP contribution < -0.4 is 10.6 Å². The van der Waals surface area contributed by atoms with Crippen LogP contribution in [0.1, 0.15) is 56.6 Å². The monoisotopic (exact) mass is 407 g/mol. The Kier molecular flexibility index (Phi) is 8.77. The molecule has 0 radical (unpaired) electrons. The molecule has 2 N–H and O–H groups in total. The second-order valence-electron chi connectivity index (χ2n) is 8.00. The molecule has 2 heterocycles. The van der Waals surface area contributed by atoms with E-state index in [1.54, 1.807) is 0 Å². The second-order valence-corrected chi connectivity index (χ2v) is 8.00. The van der Waals surface area contributed by atoms with Crippen LogP contribution in [0.4, 0.5) is 0 Å². The van der Waals surface area contributed by atoms with Gasteiger partial charge >= 0.3 is 0 Å². The van der Waals surface area contributed by atoms with Crippen molar-refractivity contribution in [3.8, 4) is 0 Å². The number of amides is 2. The number of benzene rings is 1. The highest BCUT2D eigenvalue weighted by molar-refractivity contribution is 5.85. The Morgan fingerprint density at radius 2 is 1.96 bits per heavy atom. The summed E-state index contributed by atoms with van der Waals surface area (Å²) in [7, 11) is 0. The van der Waals surface area contributed by atoms with Crippen LogP contribution in [0.25, 0.3) is 0 Å². The molecule has 6 heteroatoms. The summed E-state index contributed by atoms with van der Waals surface area (Å²) in [5, 5.41) is 6.32. The Bertz CT molecular complexity index is 644. The van der Waals surface area contributed by atoms with Crippen molar-refractivity contribution in [2.24, 2.45) is 5.92 Å². The van der Waals surface area contributed by atoms with Gasteiger partial charge in [-0.2, -0.15) is 0 Å². The number of rotatable bonds is 6. The van der Waals surface area contributed by atoms with Crippen LogP contribution in [0, 0.1) is 5.92 Å². The average molecular weight is 408 g/mol. The molecule has 2 aliphatic rings. The Balaban J connectivity index is 0.00000280. The Morgan fingerprint density at radius 1 is 1.21 bits per heavy atom. The van der Waals surface area contributed by atoms with Gasteiger partial charge < -0.3 is 15.5 Å². The quantitative estimate of drug-likeness (QED) is 0.762. The number of aryl methyl sites for hydroxylation is 1. The normalized spacial score (nSPS) is 23.0. The molecule has 2 amide bonds. The van der Waals surface area contributed by atoms with E-state index >= 15 is 0 Å². The molecule has 3 unspecified atom stereocenters. The van der Waals surface area contributed by atoms with E-state index < -0.39 is 0 Å². The minimum atomic E-state index is -0.119. The number of likely N-dealkylation sites (tertiary alicyclic amines) is 1. The fourth-order valence-electron chi connectivity index (χ4n) is 4.17. The van der Waals surface area contributed by atoms with Gasteiger partial charge in [-0.3, -0.25) is 9.59 Å². The lowest BCUT2D eigenvalue weighted by Crippen LogP contribution is -2.47. The molecular formula is C22H34ClN3O2. The third-order valence-electron chi connectivity index (χ3n) is 6.03. The van der Waals surface area contributed by atoms with Gasteiger partial charge in [-0.15, -0.1) is 12.4 Å². The van der Waals surface area contributed by atoms with Crippen molar-refractivity contribution in [3.05, 3.63) is 35.4 Å². The molecular weight excluding hydrogens is 374 g/mol. The van der Waals surface area contributed by atoms with E-state index in [0.29, 0.717) is 12.5 Å². The van der Waals surface area contributed by atoms with E-state index in [4.69, 9.17) is 0 Å². The molecule has 0 aliphatic carbocycles. The van der Waals surface area contributed by atoms with Crippen molar-refractivity contribution in [1.29, 1.82) is 0 Å². The minimum Gasteiger partial charge on any atom is -0.354 e. The third-order valence-corrected chi connectivity index (χ3v) is 6.03. The summed E-state index contributed by atoms with van der Waals surface area (Å²) >= 11 is 0. The zero-order valence-corrected chi connectivity index (χ0v) is 17.9. The van der Waals surface area contributed by atoms with Gasteiger partial charge in [0, 0.05) is 19.6 Å². The van der Waals surface area contributed by atoms with E-state index in [9.17, 15) is 9.59 Å². The molecule has 156 valence electrons. The zero-order valence-electron chi connectivity index (χ0n) is 17.1. The molecule has 28 heavy (non-hydrogen) atoms. The van der Waals surface area contributed by atoms with Gasteiger partial charge in [-0.1, -0.05) is 31.2 Å². The SMILES string of the molecule is CCc1ccc(C(C)C(=O)N2CCCC(CNC(=O)C3CCCN3)C2)cc1.Cl. The second kappa shape index (κ2) is 10.8. The summed E-state index contributed by atoms with van der Waals surface area (Å²) in [6.45, 7) is 7.31. The lowest BCUT2D eigenvalue weighted by atomic mass is 9.94. The summed E-state index contributed by atoms with van der Waals surface area (Å²) in [6, 6.07) is 8.36. The highest BCUT2D eigenvalue weighted by Crippen LogP contribution is 2.23. The first-order valence-electron chi connectivity index (χ1n) is 10.5. The van der Waals surface area contributed by atoms with E-state index in [1.165, 1.54) is 5.56 Å². The maximum atomic E-state index is 13.0. The molecule has 0 spiro atoms. The highest BCUT2D eigenvalue weighted by atomic mass is 35.5. The number of hydrogen-bond donors (Lipinski definition) is 2. The number of nitrogens with one attached hydrogen (secondary N) is 2. The number of carbonyl (C=O) groups is 2. The number of piperidine rings is 1. The van der Waals surface area contributed by atoms with Crippen molar-refractivity contribution < 1.29 is 9.59 Å². The first kappa shape index (κ1) is 22.7. The van der Waals surface area contributed by atoms with Crippen LogP contribution in [-0.4, -0.2) is 48.9 Å². The summed E-state index contributed by atoms with van der Waals surface area (Å²) in [6.07, 6.45) is 5.09. The van der Waals surface area contributed by atoms with Gasteiger partial charge in [-0.25, -0.2) is 0 Å². The van der Waals surface area contributed by atoms with Gasteiger partial charge in [0.15, 0.2) is 0 Å². The molecule has 0 aromatic heterocycles. The summed E-state index contributed by atoms with van der Waals surface area (Å²) in [4.78, 5) is 27.2. The van der Waals surface area contributed by atoms with E-state index in [2.05, 4.69) is 41.8 Å². The Morgan fingerprint density at radius 3 is 2.61 bits per heavy atom. The molecule has 3 atom stereocenters. The van der Waals surface area contributed by atoms with E-state index in [-0.39, 0.29) is 36.2 Å². The van der Waals surface area contributed by atoms with Gasteiger partial charge in [0.25, 0.3) is 0 Å². The third kappa shape index (κ3) is 5.71. The molecule has 2 saturated heterocycles. The fraction of sp³-hybridized carbons (Fsp3) is 0.636. The molecule has 1 aromatic rings. The summed E-state index contributed by atoms with van der Waals surface area (Å²) in [5.74, 6) is 0.544. The van der Waals surface area contributed by atoms with Crippen LogP contribution in [-0.2, 0) is 16.0 Å². The molecule has 2 aliphatic heterocycles. The van der Waals surface area contributed by atoms with Crippen molar-refractivity contribution in [1.82, 2.24) is 15.5 Å². The maximum absolute atomic E-state index is 13.0. The zero-order chi connectivity index (χ0) is 19.2. The Labute approximate surface area is 175 Å². The largest absolute Gasteiger partial charge is 0.354 e. The van der Waals surface area contributed by atoms with Gasteiger partial charge in [0.2, 0.25) is 11.8 Å². The molecule has 3 rings (SSSR count). The van der Waals surface area contributed by atoms with E-state index in [0.717, 1.165) is 57.3 Å². The summed E-state index contributed by atoms with van der Waals surface area (Å²) in [5.41, 5.74) is 2.38. The Hall–Kier alpha value is -1.59. The smallest absolute Gasteiger partial charge is 0.237 e. The van der Waals surface area contributed by atoms with E-state index in [1.807, 2.05) is 11.8 Å². The fourth-order valence-corrected chi connectivity index (χ4v) is 4.17. The predicted molar refractivity (Wildman–Crippen MR) is 115 cm³/mol. The van der Waals surface area contributed by atoms with Crippen LogP contribution >= 0.6 is 12.4 Å². The standard InChI is InChI=1S/C22H33N3O2.ClH/c1-3-17-8-10-19(11-9-17)16(2)22(27)25-13-5-6-18(15-25)14-24-21(26)20-7-4-12-23-20;/h8-11,16,18,20,23H,3-7,12-15H2,1-2H3,(H,24,26);1H. The number of nitrogens with zero attached hydrogens (tertiary/aromatic N) is 1. The maximum Gasteiger partial charge on any atom is 0.237 e. The number of carbonyl (C=O) groups excluding carboxylic acids is 2. The van der Waals surface area contributed by atoms with Gasteiger partial charge in [-0.05, 0) is 62.6 Å². The van der Waals surface area contributed by atoms with Gasteiger partial charge in [0.05, 0.1) is 12.0 Å². The van der Waals surface area contributed by atoms with Crippen molar-refractivity contribution >= 4 is 24.2 Å². The minimum absolute atomic E-state index is 0. The highest BCUT2D eigenvalue weighted by Gasteiger charge is 2.28. The lowest BCUT2D eigenvalue weighted by Gasteiger charge is -2.34. The van der Waals surface area contributed by atoms with Crippen LogP contribution in [0.2, 0.25) is 0 Å². The van der Waals surface area contributed by atoms with Crippen molar-refractivity contribution in [2.45, 2.75) is 57.9 Å². The van der Waals surface area contributed by atoms with Crippen molar-refractivity contribution in [3.63, 3.8) is 0 Å². The van der Waals surface area contributed by atoms with Crippen LogP contribution in [0.3, 0.4) is 0 Å². The number of hydrogen-bond acceptors (Lipinski definition) is 3. The average Bonchev–Trinajstić information content (AvgIpc) is 3.26. The number of halogens is 1. The summed E-state index contributed by atoms with van der Waals surface area (Å²) < 4.78 is 0.